The number of aliphatic hydroxyl groups excluding tert-OH is 1. The van der Waals surface area contributed by atoms with Crippen molar-refractivity contribution in [2.24, 2.45) is 0 Å². The normalized spacial score (nSPS) is 27.6. The summed E-state index contributed by atoms with van der Waals surface area (Å²) in [6, 6.07) is 12.0. The van der Waals surface area contributed by atoms with E-state index in [-0.39, 0.29) is 30.2 Å². The number of allylic oxidation sites excluding steroid dienone is 1. The number of nitrogens with zero attached hydrogens (tertiary/aromatic N) is 2. The molecule has 0 aromatic heterocycles. The Morgan fingerprint density at radius 2 is 2.14 bits per heavy atom. The highest BCUT2D eigenvalue weighted by molar-refractivity contribution is 5.70. The molecule has 2 fully saturated rings. The van der Waals surface area contributed by atoms with Gasteiger partial charge in [-0.05, 0) is 56.6 Å². The number of aliphatic hydroxyl groups is 1. The summed E-state index contributed by atoms with van der Waals surface area (Å²) in [5.74, 6) is -0.192. The highest BCUT2D eigenvalue weighted by atomic mass is 16.5. The zero-order chi connectivity index (χ0) is 20.0. The molecule has 1 aromatic rings. The highest BCUT2D eigenvalue weighted by Crippen LogP contribution is 2.51. The Bertz CT molecular complexity index is 740. The fourth-order valence-electron chi connectivity index (χ4n) is 5.27. The molecule has 5 nitrogen and oxygen atoms in total. The molecule has 1 N–H and O–H groups in total. The molecule has 1 saturated heterocycles. The first-order chi connectivity index (χ1) is 13.7. The third kappa shape index (κ3) is 3.99. The van der Waals surface area contributed by atoms with Gasteiger partial charge in [0.1, 0.15) is 0 Å². The topological polar surface area (TPSA) is 73.6 Å². The zero-order valence-electron chi connectivity index (χ0n) is 16.6. The fourth-order valence-corrected chi connectivity index (χ4v) is 5.27. The van der Waals surface area contributed by atoms with Crippen molar-refractivity contribution in [3.8, 4) is 6.07 Å². The molecule has 150 valence electrons. The van der Waals surface area contributed by atoms with Crippen LogP contribution in [0.15, 0.2) is 42.0 Å². The van der Waals surface area contributed by atoms with Gasteiger partial charge in [-0.2, -0.15) is 5.26 Å². The van der Waals surface area contributed by atoms with Crippen LogP contribution in [0.1, 0.15) is 63.5 Å². The molecule has 1 saturated carbocycles. The number of carbonyl (C=O) groups excluding carboxylic acids is 1. The molecule has 0 radical (unpaired) electrons. The van der Waals surface area contributed by atoms with Gasteiger partial charge in [0.25, 0.3) is 0 Å². The molecule has 3 rings (SSSR count). The van der Waals surface area contributed by atoms with Gasteiger partial charge in [0.15, 0.2) is 0 Å². The number of ether oxygens (including phenoxy) is 1. The second kappa shape index (κ2) is 9.36. The molecular formula is C23H30N2O3. The maximum absolute atomic E-state index is 12.3. The first-order valence-electron chi connectivity index (χ1n) is 10.3. The lowest BCUT2D eigenvalue weighted by Crippen LogP contribution is -2.58. The first kappa shape index (κ1) is 20.6. The smallest absolute Gasteiger partial charge is 0.307 e. The van der Waals surface area contributed by atoms with Gasteiger partial charge in [-0.25, -0.2) is 0 Å². The monoisotopic (exact) mass is 382 g/mol. The van der Waals surface area contributed by atoms with E-state index in [4.69, 9.17) is 4.74 Å². The number of carbonyl (C=O) groups is 1. The molecule has 1 aliphatic carbocycles. The maximum Gasteiger partial charge on any atom is 0.307 e. The van der Waals surface area contributed by atoms with Crippen molar-refractivity contribution in [3.63, 3.8) is 0 Å². The predicted octanol–water partition coefficient (Wildman–Crippen LogP) is 3.90. The van der Waals surface area contributed by atoms with Gasteiger partial charge in [-0.3, -0.25) is 9.69 Å². The van der Waals surface area contributed by atoms with Crippen LogP contribution in [-0.2, 0) is 9.53 Å². The Balaban J connectivity index is 2.04. The quantitative estimate of drug-likeness (QED) is 0.597. The largest absolute Gasteiger partial charge is 0.466 e. The number of rotatable bonds is 6. The molecule has 1 heterocycles. The summed E-state index contributed by atoms with van der Waals surface area (Å²) in [5.41, 5.74) is 1.94. The zero-order valence-corrected chi connectivity index (χ0v) is 16.6. The van der Waals surface area contributed by atoms with Crippen LogP contribution < -0.4 is 0 Å². The van der Waals surface area contributed by atoms with Crippen LogP contribution in [-0.4, -0.2) is 40.8 Å². The summed E-state index contributed by atoms with van der Waals surface area (Å²) in [6.07, 6.45) is 7.78. The van der Waals surface area contributed by atoms with Gasteiger partial charge in [-0.15, -0.1) is 0 Å². The van der Waals surface area contributed by atoms with Crippen molar-refractivity contribution in [2.75, 3.05) is 13.2 Å². The van der Waals surface area contributed by atoms with E-state index >= 15 is 0 Å². The summed E-state index contributed by atoms with van der Waals surface area (Å²) in [6.45, 7) is 2.17. The van der Waals surface area contributed by atoms with E-state index in [1.165, 1.54) is 0 Å². The fraction of sp³-hybridized carbons (Fsp3) is 0.565. The molecule has 0 amide bonds. The lowest BCUT2D eigenvalue weighted by molar-refractivity contribution is -0.146. The molecular weight excluding hydrogens is 352 g/mol. The molecule has 1 aromatic carbocycles. The van der Waals surface area contributed by atoms with E-state index in [2.05, 4.69) is 11.0 Å². The number of hydrogen-bond acceptors (Lipinski definition) is 5. The van der Waals surface area contributed by atoms with E-state index in [0.717, 1.165) is 49.7 Å². The van der Waals surface area contributed by atoms with E-state index in [1.54, 1.807) is 6.08 Å². The lowest BCUT2D eigenvalue weighted by atomic mass is 9.76. The second-order valence-corrected chi connectivity index (χ2v) is 7.76. The number of nitriles is 1. The molecule has 1 aliphatic heterocycles. The molecule has 5 heteroatoms. The minimum absolute atomic E-state index is 0.00894. The van der Waals surface area contributed by atoms with E-state index < -0.39 is 0 Å². The van der Waals surface area contributed by atoms with Crippen molar-refractivity contribution in [3.05, 3.63) is 47.5 Å². The average molecular weight is 383 g/mol. The number of benzene rings is 1. The van der Waals surface area contributed by atoms with Gasteiger partial charge >= 0.3 is 5.97 Å². The van der Waals surface area contributed by atoms with E-state index in [0.29, 0.717) is 13.0 Å². The van der Waals surface area contributed by atoms with Gasteiger partial charge in [-0.1, -0.05) is 30.3 Å². The van der Waals surface area contributed by atoms with Gasteiger partial charge in [0.2, 0.25) is 0 Å². The van der Waals surface area contributed by atoms with Gasteiger partial charge < -0.3 is 9.84 Å². The minimum atomic E-state index is -0.256. The summed E-state index contributed by atoms with van der Waals surface area (Å²) in [5, 5.41) is 19.8. The van der Waals surface area contributed by atoms with E-state index in [9.17, 15) is 15.2 Å². The molecule has 28 heavy (non-hydrogen) atoms. The minimum Gasteiger partial charge on any atom is -0.466 e. The Morgan fingerprint density at radius 3 is 2.82 bits per heavy atom. The van der Waals surface area contributed by atoms with Gasteiger partial charge in [0, 0.05) is 17.7 Å². The van der Waals surface area contributed by atoms with Crippen molar-refractivity contribution in [2.45, 2.75) is 69.5 Å². The van der Waals surface area contributed by atoms with Crippen LogP contribution in [0.25, 0.3) is 0 Å². The van der Waals surface area contributed by atoms with Gasteiger partial charge in [0.05, 0.1) is 31.7 Å². The van der Waals surface area contributed by atoms with E-state index in [1.807, 2.05) is 37.3 Å². The molecule has 0 unspecified atom stereocenters. The summed E-state index contributed by atoms with van der Waals surface area (Å²) >= 11 is 0. The van der Waals surface area contributed by atoms with Crippen molar-refractivity contribution in [1.82, 2.24) is 4.90 Å². The summed E-state index contributed by atoms with van der Waals surface area (Å²) in [4.78, 5) is 14.7. The predicted molar refractivity (Wildman–Crippen MR) is 107 cm³/mol. The highest BCUT2D eigenvalue weighted by Gasteiger charge is 2.51. The molecule has 1 spiro atoms. The standard InChI is InChI=1S/C23H30N2O3/c1-2-28-22(27)16-20-11-7-14-23(13-6-10-19(23)12-15-24)25(20)21(17-26)18-8-4-3-5-9-18/h3-5,8-9,12,20-21,26H,2,6-7,10-11,13-14,16-17H2,1H3/b19-12+/t20-,21-,23-/m0/s1. The lowest BCUT2D eigenvalue weighted by Gasteiger charge is -2.53. The van der Waals surface area contributed by atoms with Crippen molar-refractivity contribution < 1.29 is 14.6 Å². The Labute approximate surface area is 167 Å². The second-order valence-electron chi connectivity index (χ2n) is 7.76. The molecule has 0 bridgehead atoms. The number of piperidine rings is 1. The van der Waals surface area contributed by atoms with Crippen LogP contribution in [0.4, 0.5) is 0 Å². The third-order valence-electron chi connectivity index (χ3n) is 6.29. The van der Waals surface area contributed by atoms with Crippen LogP contribution >= 0.6 is 0 Å². The number of hydrogen-bond donors (Lipinski definition) is 1. The summed E-state index contributed by atoms with van der Waals surface area (Å²) in [7, 11) is 0. The SMILES string of the molecule is CCOC(=O)C[C@@H]1CCC[C@]2(CCC/C2=C\C#N)N1[C@@H](CO)c1ccccc1. The van der Waals surface area contributed by atoms with Crippen LogP contribution in [0.5, 0.6) is 0 Å². The van der Waals surface area contributed by atoms with Crippen molar-refractivity contribution >= 4 is 5.97 Å². The van der Waals surface area contributed by atoms with Crippen LogP contribution in [0.3, 0.4) is 0 Å². The third-order valence-corrected chi connectivity index (χ3v) is 6.29. The van der Waals surface area contributed by atoms with Crippen LogP contribution in [0, 0.1) is 11.3 Å². The number of likely N-dealkylation sites (tertiary alicyclic amines) is 1. The summed E-state index contributed by atoms with van der Waals surface area (Å²) < 4.78 is 5.24. The first-order valence-corrected chi connectivity index (χ1v) is 10.3. The maximum atomic E-state index is 12.3. The van der Waals surface area contributed by atoms with Crippen molar-refractivity contribution in [1.29, 1.82) is 5.26 Å². The Kier molecular flexibility index (Phi) is 6.88. The van der Waals surface area contributed by atoms with Crippen LogP contribution in [0.2, 0.25) is 0 Å². The molecule has 2 aliphatic rings. The Hall–Kier alpha value is -2.16. The Morgan fingerprint density at radius 1 is 1.39 bits per heavy atom. The average Bonchev–Trinajstić information content (AvgIpc) is 3.08. The molecule has 3 atom stereocenters. The number of esters is 1.